The normalized spacial score (nSPS) is 12.0. The van der Waals surface area contributed by atoms with E-state index in [0.29, 0.717) is 23.1 Å². The Morgan fingerprint density at radius 3 is 2.30 bits per heavy atom. The topological polar surface area (TPSA) is 41.6 Å². The van der Waals surface area contributed by atoms with Gasteiger partial charge in [-0.25, -0.2) is 4.79 Å². The van der Waals surface area contributed by atoms with Gasteiger partial charge in [0.15, 0.2) is 0 Å². The van der Waals surface area contributed by atoms with Gasteiger partial charge in [-0.2, -0.15) is 0 Å². The van der Waals surface area contributed by atoms with Crippen LogP contribution in [0.15, 0.2) is 18.2 Å². The van der Waals surface area contributed by atoms with E-state index in [4.69, 9.17) is 27.9 Å². The smallest absolute Gasteiger partial charge is 0.410 e. The Kier molecular flexibility index (Phi) is 6.60. The monoisotopic (exact) mass is 360 g/mol. The van der Waals surface area contributed by atoms with Crippen molar-refractivity contribution in [3.8, 4) is 0 Å². The van der Waals surface area contributed by atoms with E-state index in [0.717, 1.165) is 5.69 Å². The molecule has 0 atom stereocenters. The van der Waals surface area contributed by atoms with E-state index < -0.39 is 5.60 Å². The van der Waals surface area contributed by atoms with Crippen molar-refractivity contribution < 1.29 is 9.53 Å². The molecule has 1 amide bonds. The van der Waals surface area contributed by atoms with Gasteiger partial charge in [0.05, 0.1) is 15.7 Å². The number of hydrogen-bond acceptors (Lipinski definition) is 3. The number of hydrogen-bond donors (Lipinski definition) is 1. The average molecular weight is 361 g/mol. The van der Waals surface area contributed by atoms with Crippen LogP contribution in [0.25, 0.3) is 0 Å². The fourth-order valence-electron chi connectivity index (χ4n) is 1.96. The summed E-state index contributed by atoms with van der Waals surface area (Å²) in [6, 6.07) is 5.41. The standard InChI is InChI=1S/C17H26Cl2N2O2/c1-16(2,3)21(15(22)23-17(4,5)6)11-10-20-13-9-7-8-12(18)14(13)19/h7-9,20H,10-11H2,1-6H3. The molecule has 130 valence electrons. The van der Waals surface area contributed by atoms with Gasteiger partial charge in [0.2, 0.25) is 0 Å². The molecule has 1 aromatic rings. The molecule has 1 rings (SSSR count). The zero-order valence-electron chi connectivity index (χ0n) is 14.7. The first-order valence-electron chi connectivity index (χ1n) is 7.60. The number of nitrogens with one attached hydrogen (secondary N) is 1. The highest BCUT2D eigenvalue weighted by Gasteiger charge is 2.30. The number of nitrogens with zero attached hydrogens (tertiary/aromatic N) is 1. The molecule has 0 unspecified atom stereocenters. The molecule has 1 N–H and O–H groups in total. The molecule has 0 heterocycles. The molecular weight excluding hydrogens is 335 g/mol. The Morgan fingerprint density at radius 1 is 1.17 bits per heavy atom. The second-order valence-electron chi connectivity index (χ2n) is 7.33. The summed E-state index contributed by atoms with van der Waals surface area (Å²) in [5.74, 6) is 0. The fraction of sp³-hybridized carbons (Fsp3) is 0.588. The van der Waals surface area contributed by atoms with Crippen molar-refractivity contribution in [1.29, 1.82) is 0 Å². The predicted molar refractivity (Wildman–Crippen MR) is 97.6 cm³/mol. The maximum absolute atomic E-state index is 12.4. The minimum absolute atomic E-state index is 0.330. The van der Waals surface area contributed by atoms with Crippen molar-refractivity contribution in [2.45, 2.75) is 52.7 Å². The molecule has 4 nitrogen and oxygen atoms in total. The van der Waals surface area contributed by atoms with Gasteiger partial charge in [0, 0.05) is 18.6 Å². The van der Waals surface area contributed by atoms with Crippen LogP contribution in [0.4, 0.5) is 10.5 Å². The highest BCUT2D eigenvalue weighted by molar-refractivity contribution is 6.43. The number of benzene rings is 1. The number of anilines is 1. The van der Waals surface area contributed by atoms with Gasteiger partial charge in [-0.1, -0.05) is 29.3 Å². The van der Waals surface area contributed by atoms with Crippen LogP contribution in [0.2, 0.25) is 10.0 Å². The highest BCUT2D eigenvalue weighted by atomic mass is 35.5. The Morgan fingerprint density at radius 2 is 1.78 bits per heavy atom. The van der Waals surface area contributed by atoms with Crippen LogP contribution in [0, 0.1) is 0 Å². The number of rotatable bonds is 4. The lowest BCUT2D eigenvalue weighted by molar-refractivity contribution is 0.00749. The zero-order valence-corrected chi connectivity index (χ0v) is 16.2. The SMILES string of the molecule is CC(C)(C)OC(=O)N(CCNc1cccc(Cl)c1Cl)C(C)(C)C. The van der Waals surface area contributed by atoms with E-state index in [2.05, 4.69) is 5.32 Å². The van der Waals surface area contributed by atoms with Crippen LogP contribution in [0.1, 0.15) is 41.5 Å². The molecule has 6 heteroatoms. The van der Waals surface area contributed by atoms with Crippen molar-refractivity contribution in [1.82, 2.24) is 4.90 Å². The number of carbonyl (C=O) groups excluding carboxylic acids is 1. The lowest BCUT2D eigenvalue weighted by atomic mass is 10.1. The van der Waals surface area contributed by atoms with Crippen LogP contribution < -0.4 is 5.32 Å². The molecule has 0 aliphatic heterocycles. The van der Waals surface area contributed by atoms with E-state index in [1.165, 1.54) is 0 Å². The Bertz CT molecular complexity index is 549. The second kappa shape index (κ2) is 7.63. The van der Waals surface area contributed by atoms with Gasteiger partial charge in [-0.3, -0.25) is 0 Å². The van der Waals surface area contributed by atoms with Gasteiger partial charge in [0.25, 0.3) is 0 Å². The molecule has 0 spiro atoms. The summed E-state index contributed by atoms with van der Waals surface area (Å²) in [5.41, 5.74) is -0.121. The number of carbonyl (C=O) groups is 1. The maximum Gasteiger partial charge on any atom is 0.410 e. The van der Waals surface area contributed by atoms with Crippen molar-refractivity contribution in [3.63, 3.8) is 0 Å². The Labute approximate surface area is 149 Å². The largest absolute Gasteiger partial charge is 0.444 e. The molecule has 0 saturated carbocycles. The third-order valence-corrected chi connectivity index (χ3v) is 3.84. The summed E-state index contributed by atoms with van der Waals surface area (Å²) < 4.78 is 5.48. The Balaban J connectivity index is 2.72. The van der Waals surface area contributed by atoms with Crippen molar-refractivity contribution in [2.75, 3.05) is 18.4 Å². The number of halogens is 2. The fourth-order valence-corrected chi connectivity index (χ4v) is 2.33. The van der Waals surface area contributed by atoms with E-state index in [-0.39, 0.29) is 11.6 Å². The third kappa shape index (κ3) is 6.48. The van der Waals surface area contributed by atoms with Gasteiger partial charge < -0.3 is 15.0 Å². The molecule has 0 bridgehead atoms. The van der Waals surface area contributed by atoms with Crippen molar-refractivity contribution in [3.05, 3.63) is 28.2 Å². The molecule has 1 aromatic carbocycles. The molecule has 23 heavy (non-hydrogen) atoms. The van der Waals surface area contributed by atoms with Crippen LogP contribution in [0.5, 0.6) is 0 Å². The van der Waals surface area contributed by atoms with Crippen LogP contribution in [-0.2, 0) is 4.74 Å². The van der Waals surface area contributed by atoms with Gasteiger partial charge in [-0.15, -0.1) is 0 Å². The van der Waals surface area contributed by atoms with Crippen LogP contribution >= 0.6 is 23.2 Å². The van der Waals surface area contributed by atoms with E-state index >= 15 is 0 Å². The molecule has 0 saturated heterocycles. The van der Waals surface area contributed by atoms with Gasteiger partial charge in [0.1, 0.15) is 5.60 Å². The molecule has 0 aromatic heterocycles. The molecule has 0 fully saturated rings. The van der Waals surface area contributed by atoms with E-state index in [9.17, 15) is 4.79 Å². The third-order valence-electron chi connectivity index (χ3n) is 3.03. The maximum atomic E-state index is 12.4. The summed E-state index contributed by atoms with van der Waals surface area (Å²) in [6.07, 6.45) is -0.330. The van der Waals surface area contributed by atoms with Crippen LogP contribution in [0.3, 0.4) is 0 Å². The van der Waals surface area contributed by atoms with E-state index in [1.807, 2.05) is 53.7 Å². The lowest BCUT2D eigenvalue weighted by Gasteiger charge is -2.37. The average Bonchev–Trinajstić information content (AvgIpc) is 2.35. The summed E-state index contributed by atoms with van der Waals surface area (Å²) >= 11 is 12.1. The van der Waals surface area contributed by atoms with Gasteiger partial charge in [-0.05, 0) is 53.7 Å². The minimum Gasteiger partial charge on any atom is -0.444 e. The zero-order chi connectivity index (χ0) is 17.8. The molecular formula is C17H26Cl2N2O2. The van der Waals surface area contributed by atoms with Crippen molar-refractivity contribution >= 4 is 35.0 Å². The predicted octanol–water partition coefficient (Wildman–Crippen LogP) is 5.44. The highest BCUT2D eigenvalue weighted by Crippen LogP contribution is 2.29. The summed E-state index contributed by atoms with van der Waals surface area (Å²) in [5, 5.41) is 4.19. The molecule has 0 radical (unpaired) electrons. The summed E-state index contributed by atoms with van der Waals surface area (Å²) in [4.78, 5) is 14.1. The lowest BCUT2D eigenvalue weighted by Crippen LogP contribution is -2.49. The van der Waals surface area contributed by atoms with Crippen molar-refractivity contribution in [2.24, 2.45) is 0 Å². The Hall–Kier alpha value is -1.13. The minimum atomic E-state index is -0.524. The number of ether oxygens (including phenoxy) is 1. The summed E-state index contributed by atoms with van der Waals surface area (Å²) in [6.45, 7) is 12.5. The quantitative estimate of drug-likeness (QED) is 0.776. The molecule has 0 aliphatic rings. The van der Waals surface area contributed by atoms with Crippen LogP contribution in [-0.4, -0.2) is 35.2 Å². The number of amides is 1. The first kappa shape index (κ1) is 19.9. The first-order valence-corrected chi connectivity index (χ1v) is 8.36. The second-order valence-corrected chi connectivity index (χ2v) is 8.12. The molecule has 0 aliphatic carbocycles. The van der Waals surface area contributed by atoms with Gasteiger partial charge >= 0.3 is 6.09 Å². The first-order chi connectivity index (χ1) is 10.4. The van der Waals surface area contributed by atoms with E-state index in [1.54, 1.807) is 11.0 Å². The summed E-state index contributed by atoms with van der Waals surface area (Å²) in [7, 11) is 0.